The van der Waals surface area contributed by atoms with Crippen molar-refractivity contribution in [2.24, 2.45) is 0 Å². The molecule has 0 aromatic heterocycles. The molecule has 1 fully saturated rings. The Morgan fingerprint density at radius 2 is 1.68 bits per heavy atom. The lowest BCUT2D eigenvalue weighted by Crippen LogP contribution is -2.33. The number of ether oxygens (including phenoxy) is 3. The van der Waals surface area contributed by atoms with Crippen molar-refractivity contribution >= 4 is 23.4 Å². The van der Waals surface area contributed by atoms with Crippen molar-refractivity contribution in [2.45, 2.75) is 26.3 Å². The Labute approximate surface area is 216 Å². The van der Waals surface area contributed by atoms with E-state index in [0.717, 1.165) is 19.6 Å². The number of nitrogens with zero attached hydrogens (tertiary/aromatic N) is 2. The number of methoxy groups -OCH3 is 1. The van der Waals surface area contributed by atoms with Gasteiger partial charge in [0.15, 0.2) is 11.5 Å². The summed E-state index contributed by atoms with van der Waals surface area (Å²) in [5, 5.41) is 11.3. The Balaban J connectivity index is 1.74. The van der Waals surface area contributed by atoms with Gasteiger partial charge in [0.1, 0.15) is 19.0 Å². The van der Waals surface area contributed by atoms with Crippen LogP contribution in [-0.2, 0) is 14.3 Å². The number of fused-ring (bicyclic) bond motifs is 1. The van der Waals surface area contributed by atoms with Crippen molar-refractivity contribution < 1.29 is 33.7 Å². The number of hydrogen-bond acceptors (Lipinski definition) is 8. The van der Waals surface area contributed by atoms with E-state index in [1.807, 2.05) is 0 Å². The number of benzene rings is 2. The van der Waals surface area contributed by atoms with Gasteiger partial charge in [-0.1, -0.05) is 26.0 Å². The number of ketones is 1. The van der Waals surface area contributed by atoms with Crippen LogP contribution in [0.25, 0.3) is 5.76 Å². The molecule has 196 valence electrons. The fourth-order valence-electron chi connectivity index (χ4n) is 4.73. The van der Waals surface area contributed by atoms with Gasteiger partial charge in [-0.2, -0.15) is 0 Å². The Kier molecular flexibility index (Phi) is 8.13. The van der Waals surface area contributed by atoms with E-state index in [9.17, 15) is 19.5 Å². The van der Waals surface area contributed by atoms with E-state index >= 15 is 0 Å². The van der Waals surface area contributed by atoms with Gasteiger partial charge in [0, 0.05) is 12.1 Å². The summed E-state index contributed by atoms with van der Waals surface area (Å²) in [6.45, 7) is 7.83. The summed E-state index contributed by atoms with van der Waals surface area (Å²) in [6, 6.07) is 10.6. The molecule has 0 spiro atoms. The molecule has 0 aliphatic carbocycles. The van der Waals surface area contributed by atoms with Crippen LogP contribution in [0.4, 0.5) is 0 Å². The number of aliphatic hydroxyl groups excluding tert-OH is 1. The van der Waals surface area contributed by atoms with Crippen LogP contribution in [0.3, 0.4) is 0 Å². The molecule has 9 heteroatoms. The van der Waals surface area contributed by atoms with Crippen molar-refractivity contribution in [3.05, 3.63) is 64.7 Å². The molecule has 0 bridgehead atoms. The van der Waals surface area contributed by atoms with Gasteiger partial charge in [-0.05, 0) is 62.0 Å². The third kappa shape index (κ3) is 5.32. The first-order valence-corrected chi connectivity index (χ1v) is 12.5. The molecule has 4 rings (SSSR count). The fraction of sp³-hybridized carbons (Fsp3) is 0.393. The maximum Gasteiger partial charge on any atom is 0.337 e. The molecular weight excluding hydrogens is 476 g/mol. The molecule has 2 aliphatic heterocycles. The van der Waals surface area contributed by atoms with Gasteiger partial charge in [0.05, 0.1) is 24.3 Å². The Morgan fingerprint density at radius 3 is 2.32 bits per heavy atom. The highest BCUT2D eigenvalue weighted by molar-refractivity contribution is 6.46. The molecule has 0 radical (unpaired) electrons. The van der Waals surface area contributed by atoms with E-state index in [1.165, 1.54) is 12.0 Å². The highest BCUT2D eigenvalue weighted by Gasteiger charge is 2.46. The molecule has 1 amide bonds. The number of aliphatic hydroxyl groups is 1. The van der Waals surface area contributed by atoms with Gasteiger partial charge >= 0.3 is 5.97 Å². The van der Waals surface area contributed by atoms with Gasteiger partial charge in [0.2, 0.25) is 0 Å². The van der Waals surface area contributed by atoms with Crippen molar-refractivity contribution in [1.82, 2.24) is 9.80 Å². The van der Waals surface area contributed by atoms with Crippen molar-refractivity contribution in [3.63, 3.8) is 0 Å². The van der Waals surface area contributed by atoms with E-state index in [-0.39, 0.29) is 11.3 Å². The molecule has 0 unspecified atom stereocenters. The number of carbonyl (C=O) groups is 3. The van der Waals surface area contributed by atoms with Crippen LogP contribution in [0.2, 0.25) is 0 Å². The van der Waals surface area contributed by atoms with E-state index < -0.39 is 23.7 Å². The third-order valence-electron chi connectivity index (χ3n) is 6.77. The quantitative estimate of drug-likeness (QED) is 0.238. The summed E-state index contributed by atoms with van der Waals surface area (Å²) >= 11 is 0. The monoisotopic (exact) mass is 508 g/mol. The average Bonchev–Trinajstić information content (AvgIpc) is 3.19. The molecular formula is C28H32N2O7. The number of Topliss-reactive ketones (excluding diaryl/α,β-unsaturated/α-hetero) is 1. The van der Waals surface area contributed by atoms with E-state index in [2.05, 4.69) is 18.7 Å². The summed E-state index contributed by atoms with van der Waals surface area (Å²) < 4.78 is 16.0. The lowest BCUT2D eigenvalue weighted by Gasteiger charge is -2.27. The Bertz CT molecular complexity index is 1200. The van der Waals surface area contributed by atoms with Gasteiger partial charge < -0.3 is 29.1 Å². The van der Waals surface area contributed by atoms with Crippen LogP contribution in [0.15, 0.2) is 48.0 Å². The van der Waals surface area contributed by atoms with Crippen molar-refractivity contribution in [3.8, 4) is 11.5 Å². The van der Waals surface area contributed by atoms with Crippen LogP contribution in [0.5, 0.6) is 11.5 Å². The summed E-state index contributed by atoms with van der Waals surface area (Å²) in [6.07, 6.45) is 0.662. The van der Waals surface area contributed by atoms with Crippen LogP contribution >= 0.6 is 0 Å². The number of hydrogen-bond donors (Lipinski definition) is 1. The standard InChI is InChI=1S/C28H32N2O7/c1-4-29(5-2)13-6-14-30-24(18-7-9-19(10-8-18)28(34)35-3)23(26(32)27(30)33)25(31)20-11-12-21-22(17-20)37-16-15-36-21/h7-12,17,24,31H,4-6,13-16H2,1-3H3/b25-23+/t24-/m1/s1. The molecule has 2 aliphatic rings. The zero-order valence-corrected chi connectivity index (χ0v) is 21.4. The second-order valence-corrected chi connectivity index (χ2v) is 8.84. The predicted molar refractivity (Wildman–Crippen MR) is 137 cm³/mol. The molecule has 2 aromatic carbocycles. The maximum atomic E-state index is 13.3. The molecule has 9 nitrogen and oxygen atoms in total. The maximum absolute atomic E-state index is 13.3. The second-order valence-electron chi connectivity index (χ2n) is 8.84. The number of esters is 1. The second kappa shape index (κ2) is 11.5. The van der Waals surface area contributed by atoms with Crippen LogP contribution in [0.1, 0.15) is 47.8 Å². The van der Waals surface area contributed by atoms with E-state index in [1.54, 1.807) is 42.5 Å². The van der Waals surface area contributed by atoms with Gasteiger partial charge in [0.25, 0.3) is 11.7 Å². The summed E-state index contributed by atoms with van der Waals surface area (Å²) in [5.41, 5.74) is 1.29. The van der Waals surface area contributed by atoms with Crippen molar-refractivity contribution in [1.29, 1.82) is 0 Å². The summed E-state index contributed by atoms with van der Waals surface area (Å²) in [5.74, 6) is -1.19. The smallest absolute Gasteiger partial charge is 0.337 e. The molecule has 1 saturated heterocycles. The molecule has 0 saturated carbocycles. The first kappa shape index (κ1) is 26.2. The number of carbonyl (C=O) groups excluding carboxylic acids is 3. The highest BCUT2D eigenvalue weighted by atomic mass is 16.6. The minimum absolute atomic E-state index is 0.00432. The third-order valence-corrected chi connectivity index (χ3v) is 6.77. The van der Waals surface area contributed by atoms with E-state index in [4.69, 9.17) is 14.2 Å². The lowest BCUT2D eigenvalue weighted by atomic mass is 9.94. The molecule has 37 heavy (non-hydrogen) atoms. The minimum atomic E-state index is -0.809. The van der Waals surface area contributed by atoms with Crippen LogP contribution in [-0.4, -0.2) is 79.1 Å². The molecule has 2 aromatic rings. The largest absolute Gasteiger partial charge is 0.507 e. The van der Waals surface area contributed by atoms with Crippen molar-refractivity contribution in [2.75, 3.05) is 46.5 Å². The summed E-state index contributed by atoms with van der Waals surface area (Å²) in [7, 11) is 1.30. The van der Waals surface area contributed by atoms with Crippen LogP contribution in [0, 0.1) is 0 Å². The van der Waals surface area contributed by atoms with Crippen LogP contribution < -0.4 is 9.47 Å². The normalized spacial score (nSPS) is 18.4. The van der Waals surface area contributed by atoms with Gasteiger partial charge in [-0.25, -0.2) is 4.79 Å². The Morgan fingerprint density at radius 1 is 1.03 bits per heavy atom. The Hall–Kier alpha value is -3.85. The lowest BCUT2D eigenvalue weighted by molar-refractivity contribution is -0.140. The highest BCUT2D eigenvalue weighted by Crippen LogP contribution is 2.41. The SMILES string of the molecule is CCN(CC)CCCN1C(=O)C(=O)/C(=C(/O)c2ccc3c(c2)OCCO3)[C@H]1c1ccc(C(=O)OC)cc1. The van der Waals surface area contributed by atoms with Gasteiger partial charge in [-0.15, -0.1) is 0 Å². The minimum Gasteiger partial charge on any atom is -0.507 e. The first-order chi connectivity index (χ1) is 17.9. The zero-order valence-electron chi connectivity index (χ0n) is 21.4. The zero-order chi connectivity index (χ0) is 26.5. The predicted octanol–water partition coefficient (Wildman–Crippen LogP) is 3.40. The molecule has 2 heterocycles. The molecule has 1 N–H and O–H groups in total. The number of amides is 1. The van der Waals surface area contributed by atoms with E-state index in [0.29, 0.717) is 54.4 Å². The fourth-order valence-corrected chi connectivity index (χ4v) is 4.73. The summed E-state index contributed by atoms with van der Waals surface area (Å²) in [4.78, 5) is 42.2. The average molecular weight is 509 g/mol. The van der Waals surface area contributed by atoms with Gasteiger partial charge in [-0.3, -0.25) is 9.59 Å². The first-order valence-electron chi connectivity index (χ1n) is 12.5. The topological polar surface area (TPSA) is 106 Å². The number of rotatable bonds is 9. The molecule has 1 atom stereocenters. The number of likely N-dealkylation sites (tertiary alicyclic amines) is 1.